The highest BCUT2D eigenvalue weighted by Gasteiger charge is 2.22. The number of amides is 1. The number of anilines is 2. The Labute approximate surface area is 157 Å². The lowest BCUT2D eigenvalue weighted by Crippen LogP contribution is -2.41. The molecule has 1 fully saturated rings. The Hall–Kier alpha value is -3.28. The topological polar surface area (TPSA) is 91.5 Å². The standard InChI is InChI=1S/C21H22N4O2/c22-19-12-17(16-6-5-14-3-1-2-4-15(14)11-16)13-23-20(19)24-18-7-9-25(10-8-18)21(26)27/h1-6,11-13,18H,7-10,22H2,(H,23,24)(H,26,27). The van der Waals surface area contributed by atoms with Crippen LogP contribution in [0.4, 0.5) is 16.3 Å². The van der Waals surface area contributed by atoms with E-state index in [2.05, 4.69) is 40.6 Å². The average molecular weight is 362 g/mol. The Morgan fingerprint density at radius 3 is 2.52 bits per heavy atom. The van der Waals surface area contributed by atoms with Gasteiger partial charge in [-0.15, -0.1) is 0 Å². The second kappa shape index (κ2) is 7.15. The summed E-state index contributed by atoms with van der Waals surface area (Å²) in [6.45, 7) is 1.06. The van der Waals surface area contributed by atoms with Crippen LogP contribution >= 0.6 is 0 Å². The maximum Gasteiger partial charge on any atom is 0.407 e. The molecule has 1 aliphatic rings. The van der Waals surface area contributed by atoms with Gasteiger partial charge in [0.25, 0.3) is 0 Å². The number of nitrogens with two attached hydrogens (primary N) is 1. The minimum Gasteiger partial charge on any atom is -0.465 e. The molecule has 6 heteroatoms. The van der Waals surface area contributed by atoms with E-state index in [0.717, 1.165) is 24.0 Å². The Kier molecular flexibility index (Phi) is 4.54. The van der Waals surface area contributed by atoms with Crippen molar-refractivity contribution >= 4 is 28.4 Å². The van der Waals surface area contributed by atoms with Gasteiger partial charge in [-0.05, 0) is 41.3 Å². The molecular formula is C21H22N4O2. The molecule has 4 N–H and O–H groups in total. The maximum atomic E-state index is 11.0. The smallest absolute Gasteiger partial charge is 0.407 e. The second-order valence-corrected chi connectivity index (χ2v) is 6.91. The van der Waals surface area contributed by atoms with Crippen molar-refractivity contribution in [3.8, 4) is 11.1 Å². The van der Waals surface area contributed by atoms with Gasteiger partial charge in [-0.2, -0.15) is 0 Å². The molecule has 0 saturated carbocycles. The average Bonchev–Trinajstić information content (AvgIpc) is 2.69. The molecule has 1 aliphatic heterocycles. The molecule has 1 aromatic heterocycles. The van der Waals surface area contributed by atoms with Gasteiger partial charge in [0, 0.05) is 30.9 Å². The van der Waals surface area contributed by atoms with Gasteiger partial charge in [0.2, 0.25) is 0 Å². The lowest BCUT2D eigenvalue weighted by Gasteiger charge is -2.31. The number of hydrogen-bond donors (Lipinski definition) is 3. The predicted octanol–water partition coefficient (Wildman–Crippen LogP) is 4.04. The summed E-state index contributed by atoms with van der Waals surface area (Å²) in [5, 5.41) is 14.8. The van der Waals surface area contributed by atoms with Crippen molar-refractivity contribution in [1.29, 1.82) is 0 Å². The molecule has 0 unspecified atom stereocenters. The van der Waals surface area contributed by atoms with E-state index in [1.807, 2.05) is 24.4 Å². The zero-order chi connectivity index (χ0) is 18.8. The fraction of sp³-hybridized carbons (Fsp3) is 0.238. The van der Waals surface area contributed by atoms with Crippen molar-refractivity contribution in [2.24, 2.45) is 0 Å². The maximum absolute atomic E-state index is 11.0. The first-order chi connectivity index (χ1) is 13.1. The fourth-order valence-electron chi connectivity index (χ4n) is 3.54. The molecule has 0 radical (unpaired) electrons. The van der Waals surface area contributed by atoms with E-state index in [0.29, 0.717) is 24.6 Å². The van der Waals surface area contributed by atoms with Gasteiger partial charge in [-0.1, -0.05) is 36.4 Å². The Bertz CT molecular complexity index is 981. The molecule has 6 nitrogen and oxygen atoms in total. The normalized spacial score (nSPS) is 15.0. The minimum atomic E-state index is -0.856. The molecule has 0 aliphatic carbocycles. The molecule has 0 atom stereocenters. The zero-order valence-electron chi connectivity index (χ0n) is 14.9. The lowest BCUT2D eigenvalue weighted by molar-refractivity contribution is 0.134. The van der Waals surface area contributed by atoms with Gasteiger partial charge in [-0.25, -0.2) is 9.78 Å². The first kappa shape index (κ1) is 17.1. The Morgan fingerprint density at radius 1 is 1.07 bits per heavy atom. The summed E-state index contributed by atoms with van der Waals surface area (Å²) in [5.41, 5.74) is 8.89. The van der Waals surface area contributed by atoms with Gasteiger partial charge in [-0.3, -0.25) is 0 Å². The number of nitrogens with zero attached hydrogens (tertiary/aromatic N) is 2. The molecule has 4 rings (SSSR count). The van der Waals surface area contributed by atoms with E-state index in [9.17, 15) is 4.79 Å². The van der Waals surface area contributed by atoms with Crippen LogP contribution in [0, 0.1) is 0 Å². The van der Waals surface area contributed by atoms with Crippen LogP contribution in [0.5, 0.6) is 0 Å². The van der Waals surface area contributed by atoms with E-state index >= 15 is 0 Å². The van der Waals surface area contributed by atoms with E-state index in [1.54, 1.807) is 0 Å². The van der Waals surface area contributed by atoms with E-state index < -0.39 is 6.09 Å². The fourth-order valence-corrected chi connectivity index (χ4v) is 3.54. The Balaban J connectivity index is 1.50. The number of fused-ring (bicyclic) bond motifs is 1. The molecule has 0 spiro atoms. The van der Waals surface area contributed by atoms with Gasteiger partial charge < -0.3 is 21.1 Å². The highest BCUT2D eigenvalue weighted by atomic mass is 16.4. The predicted molar refractivity (Wildman–Crippen MR) is 108 cm³/mol. The number of nitrogens with one attached hydrogen (secondary N) is 1. The van der Waals surface area contributed by atoms with Crippen LogP contribution in [0.15, 0.2) is 54.7 Å². The number of piperidine rings is 1. The van der Waals surface area contributed by atoms with Crippen LogP contribution in [0.3, 0.4) is 0 Å². The Morgan fingerprint density at radius 2 is 1.81 bits per heavy atom. The van der Waals surface area contributed by atoms with Crippen LogP contribution in [-0.2, 0) is 0 Å². The van der Waals surface area contributed by atoms with E-state index in [-0.39, 0.29) is 6.04 Å². The van der Waals surface area contributed by atoms with Gasteiger partial charge in [0.15, 0.2) is 0 Å². The molecule has 2 heterocycles. The van der Waals surface area contributed by atoms with E-state index in [4.69, 9.17) is 10.8 Å². The van der Waals surface area contributed by atoms with Crippen LogP contribution in [0.2, 0.25) is 0 Å². The summed E-state index contributed by atoms with van der Waals surface area (Å²) in [4.78, 5) is 17.0. The van der Waals surface area contributed by atoms with Crippen molar-refractivity contribution in [3.63, 3.8) is 0 Å². The third kappa shape index (κ3) is 3.65. The van der Waals surface area contributed by atoms with Crippen molar-refractivity contribution in [2.75, 3.05) is 24.1 Å². The third-order valence-electron chi connectivity index (χ3n) is 5.11. The van der Waals surface area contributed by atoms with Crippen molar-refractivity contribution in [3.05, 3.63) is 54.7 Å². The summed E-state index contributed by atoms with van der Waals surface area (Å²) >= 11 is 0. The lowest BCUT2D eigenvalue weighted by atomic mass is 10.0. The van der Waals surface area contributed by atoms with Gasteiger partial charge >= 0.3 is 6.09 Å². The van der Waals surface area contributed by atoms with Crippen molar-refractivity contribution < 1.29 is 9.90 Å². The number of carboxylic acid groups (broad SMARTS) is 1. The molecule has 2 aromatic carbocycles. The summed E-state index contributed by atoms with van der Waals surface area (Å²) in [6, 6.07) is 16.7. The monoisotopic (exact) mass is 362 g/mol. The quantitative estimate of drug-likeness (QED) is 0.654. The highest BCUT2D eigenvalue weighted by molar-refractivity contribution is 5.87. The summed E-state index contributed by atoms with van der Waals surface area (Å²) in [5.74, 6) is 0.660. The molecular weight excluding hydrogens is 340 g/mol. The number of hydrogen-bond acceptors (Lipinski definition) is 4. The van der Waals surface area contributed by atoms with Gasteiger partial charge in [0.05, 0.1) is 5.69 Å². The summed E-state index contributed by atoms with van der Waals surface area (Å²) in [6.07, 6.45) is 2.47. The van der Waals surface area contributed by atoms with Crippen LogP contribution in [0.1, 0.15) is 12.8 Å². The number of nitrogen functional groups attached to an aromatic ring is 1. The van der Waals surface area contributed by atoms with Crippen molar-refractivity contribution in [1.82, 2.24) is 9.88 Å². The molecule has 0 bridgehead atoms. The summed E-state index contributed by atoms with van der Waals surface area (Å²) in [7, 11) is 0. The van der Waals surface area contributed by atoms with Crippen LogP contribution in [-0.4, -0.2) is 40.2 Å². The van der Waals surface area contributed by atoms with Crippen molar-refractivity contribution in [2.45, 2.75) is 18.9 Å². The van der Waals surface area contributed by atoms with E-state index in [1.165, 1.54) is 15.7 Å². The first-order valence-corrected chi connectivity index (χ1v) is 9.09. The minimum absolute atomic E-state index is 0.182. The number of aromatic nitrogens is 1. The number of benzene rings is 2. The number of carbonyl (C=O) groups is 1. The van der Waals surface area contributed by atoms with Gasteiger partial charge in [0.1, 0.15) is 5.82 Å². The molecule has 3 aromatic rings. The van der Waals surface area contributed by atoms with Crippen LogP contribution < -0.4 is 11.1 Å². The SMILES string of the molecule is Nc1cc(-c2ccc3ccccc3c2)cnc1NC1CCN(C(=O)O)CC1. The molecule has 1 saturated heterocycles. The number of likely N-dealkylation sites (tertiary alicyclic amines) is 1. The number of pyridine rings is 1. The number of rotatable bonds is 3. The molecule has 27 heavy (non-hydrogen) atoms. The largest absolute Gasteiger partial charge is 0.465 e. The molecule has 138 valence electrons. The summed E-state index contributed by atoms with van der Waals surface area (Å²) < 4.78 is 0. The zero-order valence-corrected chi connectivity index (χ0v) is 14.9. The third-order valence-corrected chi connectivity index (χ3v) is 5.11. The van der Waals surface area contributed by atoms with Crippen LogP contribution in [0.25, 0.3) is 21.9 Å². The highest BCUT2D eigenvalue weighted by Crippen LogP contribution is 2.28. The first-order valence-electron chi connectivity index (χ1n) is 9.09. The molecule has 1 amide bonds. The second-order valence-electron chi connectivity index (χ2n) is 6.91.